The van der Waals surface area contributed by atoms with Crippen LogP contribution in [0.2, 0.25) is 0 Å². The van der Waals surface area contributed by atoms with Gasteiger partial charge in [-0.25, -0.2) is 8.42 Å². The van der Waals surface area contributed by atoms with Crippen LogP contribution in [0.5, 0.6) is 0 Å². The molecule has 0 spiro atoms. The smallest absolute Gasteiger partial charge is 0.265 e. The summed E-state index contributed by atoms with van der Waals surface area (Å²) in [4.78, 5) is 13.4. The first-order valence-electron chi connectivity index (χ1n) is 5.82. The van der Waals surface area contributed by atoms with Crippen LogP contribution in [0.15, 0.2) is 58.4 Å². The number of hydrogen-bond acceptors (Lipinski definition) is 3. The van der Waals surface area contributed by atoms with Crippen molar-refractivity contribution in [3.05, 3.63) is 59.0 Å². The zero-order chi connectivity index (χ0) is 13.9. The summed E-state index contributed by atoms with van der Waals surface area (Å²) in [7, 11) is -3.66. The van der Waals surface area contributed by atoms with E-state index in [-0.39, 0.29) is 10.5 Å². The molecule has 0 saturated carbocycles. The van der Waals surface area contributed by atoms with E-state index in [4.69, 9.17) is 0 Å². The van der Waals surface area contributed by atoms with Gasteiger partial charge in [0, 0.05) is 18.8 Å². The minimum Gasteiger partial charge on any atom is -0.328 e. The van der Waals surface area contributed by atoms with E-state index in [0.717, 1.165) is 0 Å². The number of nitrogens with zero attached hydrogens (tertiary/aromatic N) is 1. The largest absolute Gasteiger partial charge is 0.328 e. The molecule has 0 fully saturated rings. The number of nitrogens with one attached hydrogen (secondary N) is 1. The summed E-state index contributed by atoms with van der Waals surface area (Å²) >= 11 is 0. The van der Waals surface area contributed by atoms with E-state index < -0.39 is 10.0 Å². The van der Waals surface area contributed by atoms with Gasteiger partial charge in [0.05, 0.1) is 5.69 Å². The molecule has 5 nitrogen and oxygen atoms in total. The molecule has 19 heavy (non-hydrogen) atoms. The van der Waals surface area contributed by atoms with Gasteiger partial charge in [0.2, 0.25) is 5.56 Å². The van der Waals surface area contributed by atoms with Crippen LogP contribution in [0.3, 0.4) is 0 Å². The predicted octanol–water partition coefficient (Wildman–Crippen LogP) is 1.59. The maximum absolute atomic E-state index is 12.5. The summed E-state index contributed by atoms with van der Waals surface area (Å²) in [6.07, 6.45) is 1.21. The number of sulfonamides is 1. The molecule has 1 aromatic carbocycles. The van der Waals surface area contributed by atoms with Gasteiger partial charge in [0.25, 0.3) is 10.0 Å². The van der Waals surface area contributed by atoms with Crippen LogP contribution >= 0.6 is 0 Å². The second kappa shape index (κ2) is 5.27. The fourth-order valence-corrected chi connectivity index (χ4v) is 3.21. The van der Waals surface area contributed by atoms with Crippen molar-refractivity contribution < 1.29 is 8.42 Å². The van der Waals surface area contributed by atoms with Crippen LogP contribution in [0.25, 0.3) is 0 Å². The summed E-state index contributed by atoms with van der Waals surface area (Å²) in [5, 5.41) is 0. The summed E-state index contributed by atoms with van der Waals surface area (Å²) in [6.45, 7) is 2.07. The number of aromatic amines is 1. The topological polar surface area (TPSA) is 70.2 Å². The quantitative estimate of drug-likeness (QED) is 0.923. The van der Waals surface area contributed by atoms with Crippen LogP contribution in [0, 0.1) is 0 Å². The first kappa shape index (κ1) is 13.4. The molecule has 0 bridgehead atoms. The maximum atomic E-state index is 12.5. The SMILES string of the molecule is CCN(c1ccccc1)S(=O)(=O)c1ccc(=O)[nH]c1. The van der Waals surface area contributed by atoms with E-state index in [0.29, 0.717) is 12.2 Å². The Labute approximate surface area is 111 Å². The Morgan fingerprint density at radius 1 is 1.11 bits per heavy atom. The highest BCUT2D eigenvalue weighted by molar-refractivity contribution is 7.92. The van der Waals surface area contributed by atoms with Gasteiger partial charge in [-0.05, 0) is 25.1 Å². The molecule has 2 aromatic rings. The summed E-state index contributed by atoms with van der Waals surface area (Å²) < 4.78 is 26.3. The standard InChI is InChI=1S/C13H14N2O3S/c1-2-15(11-6-4-3-5-7-11)19(17,18)12-8-9-13(16)14-10-12/h3-10H,2H2,1H3,(H,14,16). The third-order valence-corrected chi connectivity index (χ3v) is 4.57. The van der Waals surface area contributed by atoms with Crippen LogP contribution in [0.1, 0.15) is 6.92 Å². The molecular weight excluding hydrogens is 264 g/mol. The fraction of sp³-hybridized carbons (Fsp3) is 0.154. The van der Waals surface area contributed by atoms with E-state index in [9.17, 15) is 13.2 Å². The van der Waals surface area contributed by atoms with Crippen molar-refractivity contribution in [1.82, 2.24) is 4.98 Å². The number of aromatic nitrogens is 1. The zero-order valence-electron chi connectivity index (χ0n) is 10.4. The molecule has 0 aliphatic heterocycles. The molecule has 0 unspecified atom stereocenters. The van der Waals surface area contributed by atoms with E-state index in [1.54, 1.807) is 31.2 Å². The molecule has 1 aromatic heterocycles. The molecule has 0 aliphatic carbocycles. The Bertz CT molecular complexity index is 688. The normalized spacial score (nSPS) is 11.2. The van der Waals surface area contributed by atoms with Crippen molar-refractivity contribution in [3.8, 4) is 0 Å². The molecule has 0 aliphatic rings. The number of para-hydroxylation sites is 1. The first-order valence-corrected chi connectivity index (χ1v) is 7.26. The minimum atomic E-state index is -3.66. The van der Waals surface area contributed by atoms with Crippen molar-refractivity contribution in [1.29, 1.82) is 0 Å². The number of anilines is 1. The fourth-order valence-electron chi connectivity index (χ4n) is 1.77. The van der Waals surface area contributed by atoms with Gasteiger partial charge in [0.15, 0.2) is 0 Å². The molecule has 0 atom stereocenters. The Kier molecular flexibility index (Phi) is 3.71. The van der Waals surface area contributed by atoms with Crippen LogP contribution < -0.4 is 9.86 Å². The zero-order valence-corrected chi connectivity index (χ0v) is 11.2. The Hall–Kier alpha value is -2.08. The Morgan fingerprint density at radius 3 is 2.32 bits per heavy atom. The van der Waals surface area contributed by atoms with Gasteiger partial charge in [-0.3, -0.25) is 9.10 Å². The van der Waals surface area contributed by atoms with E-state index in [1.165, 1.54) is 22.6 Å². The third kappa shape index (κ3) is 2.68. The number of rotatable bonds is 4. The van der Waals surface area contributed by atoms with Gasteiger partial charge in [-0.2, -0.15) is 0 Å². The molecular formula is C13H14N2O3S. The van der Waals surface area contributed by atoms with E-state index in [1.807, 2.05) is 6.07 Å². The lowest BCUT2D eigenvalue weighted by Gasteiger charge is -2.22. The Morgan fingerprint density at radius 2 is 1.79 bits per heavy atom. The van der Waals surface area contributed by atoms with Gasteiger partial charge >= 0.3 is 0 Å². The van der Waals surface area contributed by atoms with E-state index >= 15 is 0 Å². The lowest BCUT2D eigenvalue weighted by atomic mass is 10.3. The highest BCUT2D eigenvalue weighted by atomic mass is 32.2. The van der Waals surface area contributed by atoms with Crippen LogP contribution in [0.4, 0.5) is 5.69 Å². The van der Waals surface area contributed by atoms with Crippen molar-refractivity contribution >= 4 is 15.7 Å². The van der Waals surface area contributed by atoms with Gasteiger partial charge < -0.3 is 4.98 Å². The molecule has 1 heterocycles. The van der Waals surface area contributed by atoms with Crippen molar-refractivity contribution in [3.63, 3.8) is 0 Å². The second-order valence-corrected chi connectivity index (χ2v) is 5.76. The first-order chi connectivity index (χ1) is 9.05. The second-order valence-electron chi connectivity index (χ2n) is 3.89. The predicted molar refractivity (Wildman–Crippen MR) is 73.7 cm³/mol. The van der Waals surface area contributed by atoms with Gasteiger partial charge in [0.1, 0.15) is 4.90 Å². The number of benzene rings is 1. The number of H-pyrrole nitrogens is 1. The molecule has 100 valence electrons. The molecule has 0 radical (unpaired) electrons. The number of pyridine rings is 1. The lowest BCUT2D eigenvalue weighted by molar-refractivity contribution is 0.591. The third-order valence-electron chi connectivity index (χ3n) is 2.68. The summed E-state index contributed by atoms with van der Waals surface area (Å²) in [6, 6.07) is 11.3. The molecule has 0 amide bonds. The molecule has 1 N–H and O–H groups in total. The average molecular weight is 278 g/mol. The number of hydrogen-bond donors (Lipinski definition) is 1. The average Bonchev–Trinajstić information content (AvgIpc) is 2.41. The molecule has 6 heteroatoms. The van der Waals surface area contributed by atoms with Crippen LogP contribution in [-0.2, 0) is 10.0 Å². The molecule has 0 saturated heterocycles. The Balaban J connectivity index is 2.48. The lowest BCUT2D eigenvalue weighted by Crippen LogP contribution is -2.31. The minimum absolute atomic E-state index is 0.0674. The van der Waals surface area contributed by atoms with Crippen LogP contribution in [-0.4, -0.2) is 19.9 Å². The monoisotopic (exact) mass is 278 g/mol. The van der Waals surface area contributed by atoms with Gasteiger partial charge in [-0.1, -0.05) is 18.2 Å². The van der Waals surface area contributed by atoms with Gasteiger partial charge in [-0.15, -0.1) is 0 Å². The highest BCUT2D eigenvalue weighted by Gasteiger charge is 2.23. The maximum Gasteiger partial charge on any atom is 0.265 e. The van der Waals surface area contributed by atoms with E-state index in [2.05, 4.69) is 4.98 Å². The van der Waals surface area contributed by atoms with Crippen molar-refractivity contribution in [2.45, 2.75) is 11.8 Å². The summed E-state index contributed by atoms with van der Waals surface area (Å²) in [5.41, 5.74) is 0.262. The van der Waals surface area contributed by atoms with Crippen molar-refractivity contribution in [2.24, 2.45) is 0 Å². The summed E-state index contributed by atoms with van der Waals surface area (Å²) in [5.74, 6) is 0. The highest BCUT2D eigenvalue weighted by Crippen LogP contribution is 2.21. The molecule has 2 rings (SSSR count). The van der Waals surface area contributed by atoms with Crippen molar-refractivity contribution in [2.75, 3.05) is 10.8 Å².